The van der Waals surface area contributed by atoms with E-state index in [1.807, 2.05) is 6.07 Å². The third-order valence-corrected chi connectivity index (χ3v) is 3.85. The second-order valence-corrected chi connectivity index (χ2v) is 6.40. The van der Waals surface area contributed by atoms with Crippen molar-refractivity contribution in [3.05, 3.63) is 27.1 Å². The van der Waals surface area contributed by atoms with Crippen molar-refractivity contribution < 1.29 is 19.1 Å². The summed E-state index contributed by atoms with van der Waals surface area (Å²) in [6.07, 6.45) is 0. The first-order chi connectivity index (χ1) is 9.28. The van der Waals surface area contributed by atoms with Crippen LogP contribution in [0.3, 0.4) is 0 Å². The largest absolute Gasteiger partial charge is 0.485 e. The summed E-state index contributed by atoms with van der Waals surface area (Å²) in [4.78, 5) is 23.8. The molecule has 0 fully saturated rings. The molecule has 0 aliphatic carbocycles. The molecule has 20 heavy (non-hydrogen) atoms. The van der Waals surface area contributed by atoms with E-state index in [1.54, 1.807) is 19.1 Å². The molecular weight excluding hydrogens is 392 g/mol. The first-order valence-corrected chi connectivity index (χ1v) is 7.66. The van der Waals surface area contributed by atoms with Crippen LogP contribution in [0, 0.1) is 5.41 Å². The van der Waals surface area contributed by atoms with Crippen LogP contribution in [0.5, 0.6) is 5.75 Å². The van der Waals surface area contributed by atoms with Crippen molar-refractivity contribution in [2.24, 2.45) is 5.41 Å². The number of esters is 1. The number of carbonyl (C=O) groups is 2. The minimum atomic E-state index is -1.21. The molecule has 0 saturated carbocycles. The van der Waals surface area contributed by atoms with Crippen LogP contribution in [0.15, 0.2) is 27.1 Å². The van der Waals surface area contributed by atoms with Gasteiger partial charge in [-0.15, -0.1) is 0 Å². The summed E-state index contributed by atoms with van der Waals surface area (Å²) >= 11 is 6.67. The molecule has 0 N–H and O–H groups in total. The van der Waals surface area contributed by atoms with Gasteiger partial charge in [0.15, 0.2) is 5.78 Å². The van der Waals surface area contributed by atoms with Gasteiger partial charge in [0.25, 0.3) is 0 Å². The van der Waals surface area contributed by atoms with E-state index in [0.717, 1.165) is 8.95 Å². The highest BCUT2D eigenvalue weighted by atomic mass is 79.9. The van der Waals surface area contributed by atoms with Gasteiger partial charge < -0.3 is 9.47 Å². The van der Waals surface area contributed by atoms with Gasteiger partial charge in [-0.05, 0) is 54.9 Å². The van der Waals surface area contributed by atoms with Crippen molar-refractivity contribution in [2.45, 2.75) is 20.8 Å². The molecule has 0 amide bonds. The molecule has 1 aromatic rings. The smallest absolute Gasteiger partial charge is 0.319 e. The second-order valence-electron chi connectivity index (χ2n) is 4.63. The van der Waals surface area contributed by atoms with Crippen LogP contribution in [-0.4, -0.2) is 25.0 Å². The topological polar surface area (TPSA) is 52.6 Å². The Hall–Kier alpha value is -0.880. The molecule has 0 aromatic heterocycles. The lowest BCUT2D eigenvalue weighted by Gasteiger charge is -2.21. The maximum Gasteiger partial charge on any atom is 0.319 e. The predicted octanol–water partition coefficient (Wildman–Crippen LogP) is 3.75. The molecule has 4 nitrogen and oxygen atoms in total. The molecule has 0 unspecified atom stereocenters. The average molecular weight is 408 g/mol. The Bertz CT molecular complexity index is 512. The molecule has 1 rings (SSSR count). The van der Waals surface area contributed by atoms with Gasteiger partial charge in [-0.25, -0.2) is 0 Å². The molecule has 110 valence electrons. The lowest BCUT2D eigenvalue weighted by Crippen LogP contribution is -2.38. The molecule has 0 spiro atoms. The van der Waals surface area contributed by atoms with E-state index in [4.69, 9.17) is 9.47 Å². The molecular formula is C14H16Br2O4. The highest BCUT2D eigenvalue weighted by Crippen LogP contribution is 2.29. The number of ketones is 1. The average Bonchev–Trinajstić information content (AvgIpc) is 2.37. The Morgan fingerprint density at radius 1 is 1.25 bits per heavy atom. The van der Waals surface area contributed by atoms with Crippen molar-refractivity contribution in [1.29, 1.82) is 0 Å². The fraction of sp³-hybridized carbons (Fsp3) is 0.429. The number of hydrogen-bond acceptors (Lipinski definition) is 4. The van der Waals surface area contributed by atoms with Crippen LogP contribution in [0.4, 0.5) is 0 Å². The van der Waals surface area contributed by atoms with Gasteiger partial charge in [-0.3, -0.25) is 9.59 Å². The molecule has 0 heterocycles. The summed E-state index contributed by atoms with van der Waals surface area (Å²) in [6.45, 7) is 4.83. The van der Waals surface area contributed by atoms with Gasteiger partial charge in [-0.1, -0.05) is 15.9 Å². The summed E-state index contributed by atoms with van der Waals surface area (Å²) in [6, 6.07) is 5.36. The zero-order chi connectivity index (χ0) is 15.3. The minimum absolute atomic E-state index is 0.188. The number of halogens is 2. The fourth-order valence-electron chi connectivity index (χ4n) is 1.34. The summed E-state index contributed by atoms with van der Waals surface area (Å²) in [7, 11) is 0. The van der Waals surface area contributed by atoms with Crippen LogP contribution >= 0.6 is 31.9 Å². The highest BCUT2D eigenvalue weighted by molar-refractivity contribution is 9.11. The van der Waals surface area contributed by atoms with Crippen molar-refractivity contribution in [2.75, 3.05) is 13.2 Å². The summed E-state index contributed by atoms with van der Waals surface area (Å²) in [5.41, 5.74) is -1.21. The zero-order valence-corrected chi connectivity index (χ0v) is 14.7. The second kappa shape index (κ2) is 7.22. The lowest BCUT2D eigenvalue weighted by molar-refractivity contribution is -0.158. The maximum absolute atomic E-state index is 12.1. The van der Waals surface area contributed by atoms with Gasteiger partial charge in [-0.2, -0.15) is 0 Å². The molecule has 1 aromatic carbocycles. The maximum atomic E-state index is 12.1. The Balaban J connectivity index is 2.69. The number of carbonyl (C=O) groups excluding carboxylic acids is 2. The molecule has 0 radical (unpaired) electrons. The molecule has 0 aliphatic heterocycles. The monoisotopic (exact) mass is 406 g/mol. The van der Waals surface area contributed by atoms with Gasteiger partial charge in [0.1, 0.15) is 17.8 Å². The van der Waals surface area contributed by atoms with Gasteiger partial charge >= 0.3 is 5.97 Å². The number of rotatable bonds is 6. The normalized spacial score (nSPS) is 11.1. The lowest BCUT2D eigenvalue weighted by atomic mass is 9.88. The van der Waals surface area contributed by atoms with Gasteiger partial charge in [0.2, 0.25) is 0 Å². The molecule has 0 atom stereocenters. The van der Waals surface area contributed by atoms with Crippen LogP contribution in [0.1, 0.15) is 20.8 Å². The quantitative estimate of drug-likeness (QED) is 0.532. The number of Topliss-reactive ketones (excluding diaryl/α,β-unsaturated/α-hetero) is 1. The van der Waals surface area contributed by atoms with Crippen LogP contribution in [0.25, 0.3) is 0 Å². The van der Waals surface area contributed by atoms with E-state index in [9.17, 15) is 9.59 Å². The fourth-order valence-corrected chi connectivity index (χ4v) is 2.50. The van der Waals surface area contributed by atoms with Crippen molar-refractivity contribution in [3.63, 3.8) is 0 Å². The van der Waals surface area contributed by atoms with Gasteiger partial charge in [0, 0.05) is 4.47 Å². The number of hydrogen-bond donors (Lipinski definition) is 0. The molecule has 0 bridgehead atoms. The van der Waals surface area contributed by atoms with Crippen molar-refractivity contribution in [1.82, 2.24) is 0 Å². The van der Waals surface area contributed by atoms with Crippen LogP contribution < -0.4 is 4.74 Å². The van der Waals surface area contributed by atoms with Crippen LogP contribution in [0.2, 0.25) is 0 Å². The molecule has 0 aliphatic rings. The standard InChI is InChI=1S/C14H16Br2O4/c1-4-19-13(18)14(2,3)12(17)8-20-11-6-5-9(15)7-10(11)16/h5-7H,4,8H2,1-3H3. The van der Waals surface area contributed by atoms with Crippen molar-refractivity contribution in [3.8, 4) is 5.75 Å². The van der Waals surface area contributed by atoms with Crippen molar-refractivity contribution >= 4 is 43.6 Å². The Labute approximate surface area is 135 Å². The third-order valence-electron chi connectivity index (χ3n) is 2.74. The van der Waals surface area contributed by atoms with Gasteiger partial charge in [0.05, 0.1) is 11.1 Å². The first kappa shape index (κ1) is 17.2. The van der Waals surface area contributed by atoms with E-state index in [-0.39, 0.29) is 19.0 Å². The predicted molar refractivity (Wildman–Crippen MR) is 82.8 cm³/mol. The summed E-state index contributed by atoms with van der Waals surface area (Å²) < 4.78 is 12.0. The Morgan fingerprint density at radius 3 is 2.45 bits per heavy atom. The van der Waals surface area contributed by atoms with E-state index >= 15 is 0 Å². The zero-order valence-electron chi connectivity index (χ0n) is 11.5. The molecule has 0 saturated heterocycles. The summed E-state index contributed by atoms with van der Waals surface area (Å²) in [5.74, 6) is -0.324. The molecule has 6 heteroatoms. The third kappa shape index (κ3) is 4.31. The van der Waals surface area contributed by atoms with E-state index in [1.165, 1.54) is 13.8 Å². The van der Waals surface area contributed by atoms with E-state index in [2.05, 4.69) is 31.9 Å². The Morgan fingerprint density at radius 2 is 1.90 bits per heavy atom. The highest BCUT2D eigenvalue weighted by Gasteiger charge is 2.37. The van der Waals surface area contributed by atoms with E-state index < -0.39 is 11.4 Å². The summed E-state index contributed by atoms with van der Waals surface area (Å²) in [5, 5.41) is 0. The first-order valence-electron chi connectivity index (χ1n) is 6.07. The van der Waals surface area contributed by atoms with E-state index in [0.29, 0.717) is 5.75 Å². The van der Waals surface area contributed by atoms with Crippen LogP contribution in [-0.2, 0) is 14.3 Å². The Kier molecular flexibility index (Phi) is 6.20. The number of benzene rings is 1. The minimum Gasteiger partial charge on any atom is -0.485 e. The SMILES string of the molecule is CCOC(=O)C(C)(C)C(=O)COc1ccc(Br)cc1Br. The number of ether oxygens (including phenoxy) is 2.